The van der Waals surface area contributed by atoms with Gasteiger partial charge in [-0.2, -0.15) is 0 Å². The molecule has 0 fully saturated rings. The number of sulfonamides is 1. The standard InChI is InChI=1S/C12H18N2O6S/c1-8(6-9(2)15)13-21(18,19)12-5-4-10(20-3)7-11(12)14(16)17/h4-5,7-9,13,15H,6H2,1-3H3. The number of hydrogen-bond donors (Lipinski definition) is 2. The lowest BCUT2D eigenvalue weighted by Crippen LogP contribution is -2.35. The average Bonchev–Trinajstić information content (AvgIpc) is 2.36. The molecule has 0 saturated carbocycles. The van der Waals surface area contributed by atoms with Gasteiger partial charge < -0.3 is 9.84 Å². The number of nitro benzene ring substituents is 1. The van der Waals surface area contributed by atoms with Gasteiger partial charge in [0.15, 0.2) is 4.90 Å². The van der Waals surface area contributed by atoms with E-state index in [0.717, 1.165) is 12.1 Å². The van der Waals surface area contributed by atoms with Gasteiger partial charge in [0.1, 0.15) is 5.75 Å². The van der Waals surface area contributed by atoms with Crippen LogP contribution >= 0.6 is 0 Å². The number of nitrogens with zero attached hydrogens (tertiary/aromatic N) is 1. The molecule has 1 aromatic carbocycles. The average molecular weight is 318 g/mol. The van der Waals surface area contributed by atoms with Gasteiger partial charge >= 0.3 is 0 Å². The number of hydrogen-bond acceptors (Lipinski definition) is 6. The van der Waals surface area contributed by atoms with E-state index >= 15 is 0 Å². The number of methoxy groups -OCH3 is 1. The van der Waals surface area contributed by atoms with Crippen molar-refractivity contribution in [1.29, 1.82) is 0 Å². The van der Waals surface area contributed by atoms with E-state index in [4.69, 9.17) is 4.74 Å². The number of nitro groups is 1. The van der Waals surface area contributed by atoms with Gasteiger partial charge in [0.25, 0.3) is 5.69 Å². The Morgan fingerprint density at radius 3 is 2.52 bits per heavy atom. The van der Waals surface area contributed by atoms with Crippen LogP contribution in [0.25, 0.3) is 0 Å². The van der Waals surface area contributed by atoms with Gasteiger partial charge in [-0.25, -0.2) is 13.1 Å². The molecule has 2 atom stereocenters. The molecule has 0 amide bonds. The van der Waals surface area contributed by atoms with Gasteiger partial charge in [-0.3, -0.25) is 10.1 Å². The van der Waals surface area contributed by atoms with Crippen LogP contribution in [0.4, 0.5) is 5.69 Å². The minimum Gasteiger partial charge on any atom is -0.497 e. The van der Waals surface area contributed by atoms with Crippen molar-refractivity contribution in [2.75, 3.05) is 7.11 Å². The van der Waals surface area contributed by atoms with Gasteiger partial charge in [-0.05, 0) is 32.4 Å². The third kappa shape index (κ3) is 4.66. The van der Waals surface area contributed by atoms with Crippen molar-refractivity contribution in [3.8, 4) is 5.75 Å². The van der Waals surface area contributed by atoms with Gasteiger partial charge in [-0.1, -0.05) is 0 Å². The highest BCUT2D eigenvalue weighted by Crippen LogP contribution is 2.28. The van der Waals surface area contributed by atoms with Crippen LogP contribution < -0.4 is 9.46 Å². The van der Waals surface area contributed by atoms with E-state index in [2.05, 4.69) is 4.72 Å². The van der Waals surface area contributed by atoms with Gasteiger partial charge in [0.05, 0.1) is 24.2 Å². The molecule has 0 bridgehead atoms. The van der Waals surface area contributed by atoms with Gasteiger partial charge in [0.2, 0.25) is 10.0 Å². The molecule has 8 nitrogen and oxygen atoms in total. The molecule has 0 aromatic heterocycles. The Hall–Kier alpha value is -1.71. The van der Waals surface area contributed by atoms with E-state index in [-0.39, 0.29) is 12.2 Å². The monoisotopic (exact) mass is 318 g/mol. The zero-order chi connectivity index (χ0) is 16.2. The summed E-state index contributed by atoms with van der Waals surface area (Å²) in [5, 5.41) is 20.3. The molecule has 118 valence electrons. The molecule has 2 unspecified atom stereocenters. The fraction of sp³-hybridized carbons (Fsp3) is 0.500. The summed E-state index contributed by atoms with van der Waals surface area (Å²) in [6.45, 7) is 3.10. The first-order valence-electron chi connectivity index (χ1n) is 6.20. The lowest BCUT2D eigenvalue weighted by molar-refractivity contribution is -0.387. The molecule has 1 rings (SSSR count). The number of aliphatic hydroxyl groups is 1. The second kappa shape index (κ2) is 6.83. The Morgan fingerprint density at radius 2 is 2.05 bits per heavy atom. The largest absolute Gasteiger partial charge is 0.497 e. The third-order valence-corrected chi connectivity index (χ3v) is 4.34. The van der Waals surface area contributed by atoms with Gasteiger partial charge in [-0.15, -0.1) is 0 Å². The second-order valence-electron chi connectivity index (χ2n) is 4.70. The van der Waals surface area contributed by atoms with Crippen molar-refractivity contribution in [3.63, 3.8) is 0 Å². The summed E-state index contributed by atoms with van der Waals surface area (Å²) in [5.74, 6) is 0.192. The smallest absolute Gasteiger partial charge is 0.293 e. The summed E-state index contributed by atoms with van der Waals surface area (Å²) in [4.78, 5) is 9.80. The highest BCUT2D eigenvalue weighted by molar-refractivity contribution is 7.89. The highest BCUT2D eigenvalue weighted by atomic mass is 32.2. The van der Waals surface area contributed by atoms with Crippen molar-refractivity contribution < 1.29 is 23.2 Å². The Morgan fingerprint density at radius 1 is 1.43 bits per heavy atom. The summed E-state index contributed by atoms with van der Waals surface area (Å²) in [5.41, 5.74) is -0.564. The van der Waals surface area contributed by atoms with E-state index in [1.54, 1.807) is 6.92 Å². The predicted molar refractivity (Wildman–Crippen MR) is 75.7 cm³/mol. The topological polar surface area (TPSA) is 119 Å². The maximum Gasteiger partial charge on any atom is 0.293 e. The Kier molecular flexibility index (Phi) is 5.64. The Bertz CT molecular complexity index is 614. The van der Waals surface area contributed by atoms with E-state index < -0.39 is 37.7 Å². The van der Waals surface area contributed by atoms with Crippen molar-refractivity contribution in [3.05, 3.63) is 28.3 Å². The number of aliphatic hydroxyl groups excluding tert-OH is 1. The minimum absolute atomic E-state index is 0.192. The fourth-order valence-electron chi connectivity index (χ4n) is 1.88. The lowest BCUT2D eigenvalue weighted by Gasteiger charge is -2.15. The minimum atomic E-state index is -4.06. The molecule has 21 heavy (non-hydrogen) atoms. The second-order valence-corrected chi connectivity index (χ2v) is 6.38. The Balaban J connectivity index is 3.16. The third-order valence-electron chi connectivity index (χ3n) is 2.70. The molecule has 0 saturated heterocycles. The van der Waals surface area contributed by atoms with E-state index in [1.807, 2.05) is 0 Å². The summed E-state index contributed by atoms with van der Waals surface area (Å²) in [7, 11) is -2.73. The van der Waals surface area contributed by atoms with Crippen molar-refractivity contribution in [2.45, 2.75) is 37.3 Å². The number of ether oxygens (including phenoxy) is 1. The molecular weight excluding hydrogens is 300 g/mol. The zero-order valence-electron chi connectivity index (χ0n) is 11.9. The normalized spacial score (nSPS) is 14.5. The van der Waals surface area contributed by atoms with Crippen LogP contribution in [-0.4, -0.2) is 37.7 Å². The first-order valence-corrected chi connectivity index (χ1v) is 7.68. The number of benzene rings is 1. The van der Waals surface area contributed by atoms with Crippen LogP contribution in [0.2, 0.25) is 0 Å². The van der Waals surface area contributed by atoms with E-state index in [9.17, 15) is 23.6 Å². The quantitative estimate of drug-likeness (QED) is 0.573. The molecule has 0 aliphatic rings. The molecular formula is C12H18N2O6S. The lowest BCUT2D eigenvalue weighted by atomic mass is 10.2. The summed E-state index contributed by atoms with van der Waals surface area (Å²) in [6, 6.07) is 2.94. The molecule has 0 aliphatic carbocycles. The van der Waals surface area contributed by atoms with E-state index in [0.29, 0.717) is 0 Å². The zero-order valence-corrected chi connectivity index (χ0v) is 12.8. The molecule has 9 heteroatoms. The first-order chi connectivity index (χ1) is 9.67. The van der Waals surface area contributed by atoms with Gasteiger partial charge in [0, 0.05) is 6.04 Å². The number of rotatable bonds is 7. The first kappa shape index (κ1) is 17.3. The maximum absolute atomic E-state index is 12.2. The van der Waals surface area contributed by atoms with Crippen LogP contribution in [-0.2, 0) is 10.0 Å². The van der Waals surface area contributed by atoms with E-state index in [1.165, 1.54) is 20.1 Å². The summed E-state index contributed by atoms with van der Waals surface area (Å²) >= 11 is 0. The molecule has 0 spiro atoms. The van der Waals surface area contributed by atoms with Crippen LogP contribution in [0.3, 0.4) is 0 Å². The Labute approximate surface area is 122 Å². The summed E-state index contributed by atoms with van der Waals surface area (Å²) < 4.78 is 31.6. The summed E-state index contributed by atoms with van der Waals surface area (Å²) in [6.07, 6.45) is -0.489. The van der Waals surface area contributed by atoms with Crippen molar-refractivity contribution in [1.82, 2.24) is 4.72 Å². The molecule has 1 aromatic rings. The van der Waals surface area contributed by atoms with Crippen molar-refractivity contribution >= 4 is 15.7 Å². The van der Waals surface area contributed by atoms with Crippen molar-refractivity contribution in [2.24, 2.45) is 0 Å². The molecule has 0 heterocycles. The SMILES string of the molecule is COc1ccc(S(=O)(=O)NC(C)CC(C)O)c([N+](=O)[O-])c1. The number of nitrogens with one attached hydrogen (secondary N) is 1. The highest BCUT2D eigenvalue weighted by Gasteiger charge is 2.28. The fourth-order valence-corrected chi connectivity index (χ4v) is 3.29. The maximum atomic E-state index is 12.2. The van der Waals surface area contributed by atoms with Crippen LogP contribution in [0.5, 0.6) is 5.75 Å². The van der Waals surface area contributed by atoms with Crippen LogP contribution in [0.1, 0.15) is 20.3 Å². The van der Waals surface area contributed by atoms with Crippen LogP contribution in [0.15, 0.2) is 23.1 Å². The molecule has 0 radical (unpaired) electrons. The van der Waals surface area contributed by atoms with Crippen LogP contribution in [0, 0.1) is 10.1 Å². The molecule has 2 N–H and O–H groups in total. The predicted octanol–water partition coefficient (Wildman–Crippen LogP) is 1.04. The molecule has 0 aliphatic heterocycles.